The van der Waals surface area contributed by atoms with Gasteiger partial charge in [-0.3, -0.25) is 9.59 Å². The van der Waals surface area contributed by atoms with E-state index in [4.69, 9.17) is 5.73 Å². The summed E-state index contributed by atoms with van der Waals surface area (Å²) in [5, 5.41) is 7.47. The van der Waals surface area contributed by atoms with Crippen LogP contribution in [-0.4, -0.2) is 31.4 Å². The summed E-state index contributed by atoms with van der Waals surface area (Å²) >= 11 is 1.39. The molecular weight excluding hydrogens is 274 g/mol. The van der Waals surface area contributed by atoms with Crippen molar-refractivity contribution in [1.82, 2.24) is 10.6 Å². The highest BCUT2D eigenvalue weighted by atomic mass is 32.1. The molecule has 112 valence electrons. The van der Waals surface area contributed by atoms with Crippen molar-refractivity contribution in [1.29, 1.82) is 0 Å². The van der Waals surface area contributed by atoms with Gasteiger partial charge < -0.3 is 16.4 Å². The maximum atomic E-state index is 12.1. The van der Waals surface area contributed by atoms with Gasteiger partial charge in [0.2, 0.25) is 5.91 Å². The molecule has 4 N–H and O–H groups in total. The Morgan fingerprint density at radius 1 is 1.25 bits per heavy atom. The van der Waals surface area contributed by atoms with Crippen LogP contribution in [-0.2, 0) is 4.79 Å². The topological polar surface area (TPSA) is 84.2 Å². The predicted octanol–water partition coefficient (Wildman–Crippen LogP) is 1.36. The second-order valence-corrected chi connectivity index (χ2v) is 5.63. The summed E-state index contributed by atoms with van der Waals surface area (Å²) in [5.74, 6) is -0.138. The van der Waals surface area contributed by atoms with Gasteiger partial charge in [-0.2, -0.15) is 0 Å². The van der Waals surface area contributed by atoms with Gasteiger partial charge in [0.25, 0.3) is 5.91 Å². The van der Waals surface area contributed by atoms with Crippen LogP contribution in [0.3, 0.4) is 0 Å². The molecule has 0 saturated carbocycles. The van der Waals surface area contributed by atoms with Crippen molar-refractivity contribution in [2.45, 2.75) is 26.7 Å². The lowest BCUT2D eigenvalue weighted by Crippen LogP contribution is -2.47. The number of rotatable bonds is 8. The van der Waals surface area contributed by atoms with Gasteiger partial charge in [-0.05, 0) is 24.3 Å². The maximum absolute atomic E-state index is 12.1. The molecule has 0 spiro atoms. The van der Waals surface area contributed by atoms with E-state index in [0.29, 0.717) is 37.4 Å². The summed E-state index contributed by atoms with van der Waals surface area (Å²) < 4.78 is 0. The van der Waals surface area contributed by atoms with Crippen LogP contribution in [0.15, 0.2) is 17.5 Å². The molecule has 1 rings (SSSR count). The van der Waals surface area contributed by atoms with Crippen molar-refractivity contribution in [2.24, 2.45) is 11.1 Å². The number of hydrogen-bond donors (Lipinski definition) is 3. The first-order chi connectivity index (χ1) is 9.59. The Bertz CT molecular complexity index is 419. The van der Waals surface area contributed by atoms with Crippen molar-refractivity contribution < 1.29 is 9.59 Å². The molecule has 5 nitrogen and oxygen atoms in total. The van der Waals surface area contributed by atoms with E-state index in [9.17, 15) is 9.59 Å². The molecule has 1 heterocycles. The first-order valence-electron chi connectivity index (χ1n) is 6.89. The lowest BCUT2D eigenvalue weighted by atomic mass is 9.81. The van der Waals surface area contributed by atoms with E-state index in [1.807, 2.05) is 25.3 Å². The van der Waals surface area contributed by atoms with E-state index in [0.717, 1.165) is 0 Å². The molecule has 0 fully saturated rings. The highest BCUT2D eigenvalue weighted by Crippen LogP contribution is 2.24. The third-order valence-electron chi connectivity index (χ3n) is 3.67. The van der Waals surface area contributed by atoms with Gasteiger partial charge in [0, 0.05) is 19.6 Å². The summed E-state index contributed by atoms with van der Waals surface area (Å²) in [5.41, 5.74) is 5.23. The zero-order chi connectivity index (χ0) is 15.0. The second kappa shape index (κ2) is 8.01. The number of nitrogens with two attached hydrogens (primary N) is 1. The molecule has 0 unspecified atom stereocenters. The van der Waals surface area contributed by atoms with Crippen LogP contribution in [0.4, 0.5) is 0 Å². The SMILES string of the molecule is CCC(CC)(CN)C(=O)NCCNC(=O)c1cccs1. The fourth-order valence-corrected chi connectivity index (χ4v) is 2.63. The van der Waals surface area contributed by atoms with Crippen LogP contribution in [0, 0.1) is 5.41 Å². The van der Waals surface area contributed by atoms with Crippen LogP contribution in [0.2, 0.25) is 0 Å². The van der Waals surface area contributed by atoms with E-state index < -0.39 is 5.41 Å². The van der Waals surface area contributed by atoms with Gasteiger partial charge >= 0.3 is 0 Å². The number of carbonyl (C=O) groups is 2. The van der Waals surface area contributed by atoms with E-state index in [-0.39, 0.29) is 11.8 Å². The molecule has 1 aromatic heterocycles. The fraction of sp³-hybridized carbons (Fsp3) is 0.571. The number of carbonyl (C=O) groups excluding carboxylic acids is 2. The van der Waals surface area contributed by atoms with Crippen molar-refractivity contribution in [3.05, 3.63) is 22.4 Å². The summed E-state index contributed by atoms with van der Waals surface area (Å²) in [6.45, 7) is 5.10. The van der Waals surface area contributed by atoms with Gasteiger partial charge in [-0.1, -0.05) is 19.9 Å². The normalized spacial score (nSPS) is 11.2. The zero-order valence-corrected chi connectivity index (χ0v) is 12.9. The number of amides is 2. The number of thiophene rings is 1. The van der Waals surface area contributed by atoms with Crippen LogP contribution >= 0.6 is 11.3 Å². The number of nitrogens with one attached hydrogen (secondary N) is 2. The predicted molar refractivity (Wildman–Crippen MR) is 81.7 cm³/mol. The Morgan fingerprint density at radius 3 is 2.40 bits per heavy atom. The van der Waals surface area contributed by atoms with Crippen molar-refractivity contribution in [2.75, 3.05) is 19.6 Å². The van der Waals surface area contributed by atoms with Crippen LogP contribution < -0.4 is 16.4 Å². The fourth-order valence-electron chi connectivity index (χ4n) is 1.99. The molecule has 0 aliphatic carbocycles. The molecule has 0 bridgehead atoms. The van der Waals surface area contributed by atoms with Crippen LogP contribution in [0.5, 0.6) is 0 Å². The Kier molecular flexibility index (Phi) is 6.67. The van der Waals surface area contributed by atoms with Crippen LogP contribution in [0.25, 0.3) is 0 Å². The van der Waals surface area contributed by atoms with Gasteiger partial charge in [0.1, 0.15) is 0 Å². The molecule has 0 aliphatic rings. The Balaban J connectivity index is 2.33. The Labute approximate surface area is 123 Å². The zero-order valence-electron chi connectivity index (χ0n) is 12.1. The highest BCUT2D eigenvalue weighted by molar-refractivity contribution is 7.12. The lowest BCUT2D eigenvalue weighted by molar-refractivity contribution is -0.130. The molecule has 0 atom stereocenters. The smallest absolute Gasteiger partial charge is 0.261 e. The molecular formula is C14H23N3O2S. The van der Waals surface area contributed by atoms with Gasteiger partial charge in [0.15, 0.2) is 0 Å². The summed E-state index contributed by atoms with van der Waals surface area (Å²) in [4.78, 5) is 24.5. The summed E-state index contributed by atoms with van der Waals surface area (Å²) in [6.07, 6.45) is 1.43. The second-order valence-electron chi connectivity index (χ2n) is 4.68. The maximum Gasteiger partial charge on any atom is 0.261 e. The average Bonchev–Trinajstić information content (AvgIpc) is 3.00. The molecule has 0 radical (unpaired) electrons. The molecule has 2 amide bonds. The molecule has 0 aromatic carbocycles. The summed E-state index contributed by atoms with van der Waals surface area (Å²) in [7, 11) is 0. The van der Waals surface area contributed by atoms with Crippen molar-refractivity contribution in [3.8, 4) is 0 Å². The largest absolute Gasteiger partial charge is 0.354 e. The highest BCUT2D eigenvalue weighted by Gasteiger charge is 2.32. The van der Waals surface area contributed by atoms with Gasteiger partial charge in [-0.25, -0.2) is 0 Å². The molecule has 0 saturated heterocycles. The third kappa shape index (κ3) is 4.05. The van der Waals surface area contributed by atoms with Crippen molar-refractivity contribution in [3.63, 3.8) is 0 Å². The minimum atomic E-state index is -0.488. The number of hydrogen-bond acceptors (Lipinski definition) is 4. The van der Waals surface area contributed by atoms with Gasteiger partial charge in [-0.15, -0.1) is 11.3 Å². The molecule has 0 aliphatic heterocycles. The summed E-state index contributed by atoms with van der Waals surface area (Å²) in [6, 6.07) is 3.60. The van der Waals surface area contributed by atoms with E-state index in [1.54, 1.807) is 6.07 Å². The first-order valence-corrected chi connectivity index (χ1v) is 7.77. The van der Waals surface area contributed by atoms with E-state index >= 15 is 0 Å². The Hall–Kier alpha value is -1.40. The Morgan fingerprint density at radius 2 is 1.90 bits per heavy atom. The van der Waals surface area contributed by atoms with Gasteiger partial charge in [0.05, 0.1) is 10.3 Å². The van der Waals surface area contributed by atoms with Crippen molar-refractivity contribution >= 4 is 23.2 Å². The quantitative estimate of drug-likeness (QED) is 0.633. The monoisotopic (exact) mass is 297 g/mol. The molecule has 6 heteroatoms. The molecule has 20 heavy (non-hydrogen) atoms. The lowest BCUT2D eigenvalue weighted by Gasteiger charge is -2.28. The molecule has 1 aromatic rings. The van der Waals surface area contributed by atoms with Crippen LogP contribution in [0.1, 0.15) is 36.4 Å². The minimum Gasteiger partial charge on any atom is -0.354 e. The first kappa shape index (κ1) is 16.7. The van der Waals surface area contributed by atoms with E-state index in [2.05, 4.69) is 10.6 Å². The third-order valence-corrected chi connectivity index (χ3v) is 4.54. The standard InChI is InChI=1S/C14H23N3O2S/c1-3-14(4-2,10-15)13(19)17-8-7-16-12(18)11-6-5-9-20-11/h5-6,9H,3-4,7-8,10,15H2,1-2H3,(H,16,18)(H,17,19). The average molecular weight is 297 g/mol. The van der Waals surface area contributed by atoms with E-state index in [1.165, 1.54) is 11.3 Å². The minimum absolute atomic E-state index is 0.0321.